The minimum absolute atomic E-state index is 0.102. The van der Waals surface area contributed by atoms with Crippen LogP contribution in [0.15, 0.2) is 79.3 Å². The first-order valence-electron chi connectivity index (χ1n) is 7.58. The molecule has 3 aromatic rings. The number of hydrogen-bond donors (Lipinski definition) is 0. The van der Waals surface area contributed by atoms with E-state index in [9.17, 15) is 9.59 Å². The largest absolute Gasteiger partial charge is 0.421 e. The predicted octanol–water partition coefficient (Wildman–Crippen LogP) is 3.59. The zero-order valence-electron chi connectivity index (χ0n) is 13.2. The van der Waals surface area contributed by atoms with Crippen molar-refractivity contribution in [3.63, 3.8) is 0 Å². The lowest BCUT2D eigenvalue weighted by atomic mass is 10.1. The number of nitrogens with zero attached hydrogens (tertiary/aromatic N) is 2. The molecule has 0 spiro atoms. The predicted molar refractivity (Wildman–Crippen MR) is 93.2 cm³/mol. The van der Waals surface area contributed by atoms with Crippen molar-refractivity contribution in [3.8, 4) is 5.75 Å². The third kappa shape index (κ3) is 4.45. The van der Waals surface area contributed by atoms with Crippen molar-refractivity contribution in [3.05, 3.63) is 96.1 Å². The number of ketones is 1. The van der Waals surface area contributed by atoms with Gasteiger partial charge in [0, 0.05) is 18.0 Å². The smallest absolute Gasteiger partial charge is 0.345 e. The fourth-order valence-corrected chi connectivity index (χ4v) is 2.06. The van der Waals surface area contributed by atoms with E-state index in [-0.39, 0.29) is 5.78 Å². The van der Waals surface area contributed by atoms with Gasteiger partial charge in [-0.1, -0.05) is 30.3 Å². The number of esters is 1. The lowest BCUT2D eigenvalue weighted by molar-refractivity contribution is 0.0733. The Kier molecular flexibility index (Phi) is 5.07. The molecule has 2 aromatic heterocycles. The molecule has 0 N–H and O–H groups in total. The van der Waals surface area contributed by atoms with Crippen LogP contribution < -0.4 is 4.74 Å². The molecule has 0 bridgehead atoms. The summed E-state index contributed by atoms with van der Waals surface area (Å²) in [6.45, 7) is 0. The molecule has 3 rings (SSSR count). The van der Waals surface area contributed by atoms with Gasteiger partial charge in [0.15, 0.2) is 5.78 Å². The van der Waals surface area contributed by atoms with E-state index in [1.54, 1.807) is 48.7 Å². The number of carbonyl (C=O) groups excluding carboxylic acids is 2. The summed E-state index contributed by atoms with van der Waals surface area (Å²) >= 11 is 0. The number of ether oxygens (including phenoxy) is 1. The number of hydrogen-bond acceptors (Lipinski definition) is 5. The fraction of sp³-hybridized carbons (Fsp3) is 0. The van der Waals surface area contributed by atoms with Gasteiger partial charge in [-0.3, -0.25) is 14.8 Å². The van der Waals surface area contributed by atoms with E-state index in [1.807, 2.05) is 18.2 Å². The minimum Gasteiger partial charge on any atom is -0.421 e. The Balaban J connectivity index is 1.63. The topological polar surface area (TPSA) is 69.2 Å². The molecule has 2 heterocycles. The molecule has 0 radical (unpaired) electrons. The third-order valence-electron chi connectivity index (χ3n) is 3.33. The number of carbonyl (C=O) groups is 2. The molecule has 122 valence electrons. The van der Waals surface area contributed by atoms with Gasteiger partial charge in [0.05, 0.1) is 17.5 Å². The van der Waals surface area contributed by atoms with Crippen LogP contribution in [0.3, 0.4) is 0 Å². The first-order chi connectivity index (χ1) is 12.2. The lowest BCUT2D eigenvalue weighted by Crippen LogP contribution is -2.08. The number of allylic oxidation sites excluding steroid dienone is 1. The Morgan fingerprint density at radius 1 is 0.880 bits per heavy atom. The highest BCUT2D eigenvalue weighted by atomic mass is 16.5. The van der Waals surface area contributed by atoms with Crippen LogP contribution in [-0.2, 0) is 0 Å². The standard InChI is InChI=1S/C20H14N2O3/c23-19(15-5-2-1-3-6-15)11-9-17-8-10-18(14-22-17)25-20(24)16-7-4-12-21-13-16/h1-14H/b11-9+. The van der Waals surface area contributed by atoms with Crippen LogP contribution in [0.2, 0.25) is 0 Å². The molecule has 5 heteroatoms. The number of pyridine rings is 2. The first-order valence-corrected chi connectivity index (χ1v) is 7.58. The van der Waals surface area contributed by atoms with E-state index >= 15 is 0 Å². The minimum atomic E-state index is -0.502. The summed E-state index contributed by atoms with van der Waals surface area (Å²) in [6, 6.07) is 15.5. The van der Waals surface area contributed by atoms with E-state index in [0.717, 1.165) is 0 Å². The van der Waals surface area contributed by atoms with Crippen LogP contribution in [0.5, 0.6) is 5.75 Å². The maximum atomic E-state index is 12.0. The summed E-state index contributed by atoms with van der Waals surface area (Å²) in [5, 5.41) is 0. The fourth-order valence-electron chi connectivity index (χ4n) is 2.06. The Morgan fingerprint density at radius 2 is 1.68 bits per heavy atom. The molecular formula is C20H14N2O3. The maximum Gasteiger partial charge on any atom is 0.345 e. The van der Waals surface area contributed by atoms with Gasteiger partial charge in [0.1, 0.15) is 5.75 Å². The Hall–Kier alpha value is -3.60. The molecule has 0 aliphatic carbocycles. The number of benzene rings is 1. The molecule has 0 atom stereocenters. The van der Waals surface area contributed by atoms with Gasteiger partial charge in [-0.2, -0.15) is 0 Å². The molecule has 0 fully saturated rings. The van der Waals surface area contributed by atoms with Crippen molar-refractivity contribution in [2.24, 2.45) is 0 Å². The average Bonchev–Trinajstić information content (AvgIpc) is 2.68. The Bertz CT molecular complexity index is 889. The van der Waals surface area contributed by atoms with Crippen molar-refractivity contribution in [2.75, 3.05) is 0 Å². The zero-order valence-corrected chi connectivity index (χ0v) is 13.2. The van der Waals surface area contributed by atoms with Gasteiger partial charge in [0.25, 0.3) is 0 Å². The second-order valence-corrected chi connectivity index (χ2v) is 5.11. The molecule has 0 amide bonds. The summed E-state index contributed by atoms with van der Waals surface area (Å²) in [4.78, 5) is 31.9. The quantitative estimate of drug-likeness (QED) is 0.406. The van der Waals surface area contributed by atoms with Gasteiger partial charge in [-0.05, 0) is 36.4 Å². The molecule has 0 unspecified atom stereocenters. The summed E-state index contributed by atoms with van der Waals surface area (Å²) in [5.41, 5.74) is 1.56. The monoisotopic (exact) mass is 330 g/mol. The SMILES string of the molecule is O=C(/C=C/c1ccc(OC(=O)c2cccnc2)cn1)c1ccccc1. The van der Waals surface area contributed by atoms with Crippen molar-refractivity contribution in [1.82, 2.24) is 9.97 Å². The van der Waals surface area contributed by atoms with Crippen LogP contribution in [0.1, 0.15) is 26.4 Å². The van der Waals surface area contributed by atoms with E-state index in [0.29, 0.717) is 22.6 Å². The van der Waals surface area contributed by atoms with Crippen molar-refractivity contribution in [2.45, 2.75) is 0 Å². The van der Waals surface area contributed by atoms with E-state index in [2.05, 4.69) is 9.97 Å². The van der Waals surface area contributed by atoms with Crippen LogP contribution >= 0.6 is 0 Å². The highest BCUT2D eigenvalue weighted by molar-refractivity contribution is 6.06. The van der Waals surface area contributed by atoms with Gasteiger partial charge in [0.2, 0.25) is 0 Å². The molecule has 25 heavy (non-hydrogen) atoms. The van der Waals surface area contributed by atoms with Crippen molar-refractivity contribution >= 4 is 17.8 Å². The Morgan fingerprint density at radius 3 is 2.36 bits per heavy atom. The van der Waals surface area contributed by atoms with Crippen LogP contribution in [0, 0.1) is 0 Å². The second-order valence-electron chi connectivity index (χ2n) is 5.11. The summed E-state index contributed by atoms with van der Waals surface area (Å²) in [5.74, 6) is -0.285. The van der Waals surface area contributed by atoms with Gasteiger partial charge < -0.3 is 4.74 Å². The molecular weight excluding hydrogens is 316 g/mol. The molecule has 0 aliphatic rings. The van der Waals surface area contributed by atoms with Crippen LogP contribution in [0.25, 0.3) is 6.08 Å². The average molecular weight is 330 g/mol. The maximum absolute atomic E-state index is 12.0. The van der Waals surface area contributed by atoms with Crippen molar-refractivity contribution in [1.29, 1.82) is 0 Å². The molecule has 5 nitrogen and oxygen atoms in total. The molecule has 0 saturated carbocycles. The zero-order chi connectivity index (χ0) is 17.5. The van der Waals surface area contributed by atoms with Crippen LogP contribution in [-0.4, -0.2) is 21.7 Å². The van der Waals surface area contributed by atoms with E-state index < -0.39 is 5.97 Å². The normalized spacial score (nSPS) is 10.6. The van der Waals surface area contributed by atoms with Gasteiger partial charge >= 0.3 is 5.97 Å². The summed E-state index contributed by atoms with van der Waals surface area (Å²) < 4.78 is 5.22. The van der Waals surface area contributed by atoms with Gasteiger partial charge in [-0.25, -0.2) is 4.79 Å². The molecule has 1 aromatic carbocycles. The molecule has 0 aliphatic heterocycles. The summed E-state index contributed by atoms with van der Waals surface area (Å²) in [7, 11) is 0. The first kappa shape index (κ1) is 16.3. The second kappa shape index (κ2) is 7.79. The highest BCUT2D eigenvalue weighted by Crippen LogP contribution is 2.13. The third-order valence-corrected chi connectivity index (χ3v) is 3.33. The molecule has 0 saturated heterocycles. The Labute approximate surface area is 144 Å². The highest BCUT2D eigenvalue weighted by Gasteiger charge is 2.08. The van der Waals surface area contributed by atoms with E-state index in [4.69, 9.17) is 4.74 Å². The number of rotatable bonds is 5. The van der Waals surface area contributed by atoms with Crippen LogP contribution in [0.4, 0.5) is 0 Å². The number of aromatic nitrogens is 2. The van der Waals surface area contributed by atoms with E-state index in [1.165, 1.54) is 18.5 Å². The van der Waals surface area contributed by atoms with Crippen molar-refractivity contribution < 1.29 is 14.3 Å². The van der Waals surface area contributed by atoms with Gasteiger partial charge in [-0.15, -0.1) is 0 Å². The lowest BCUT2D eigenvalue weighted by Gasteiger charge is -2.03. The summed E-state index contributed by atoms with van der Waals surface area (Å²) in [6.07, 6.45) is 7.51.